The van der Waals surface area contributed by atoms with Crippen molar-refractivity contribution < 1.29 is 9.21 Å². The topological polar surface area (TPSA) is 74.5 Å². The van der Waals surface area contributed by atoms with Gasteiger partial charge in [0.15, 0.2) is 5.65 Å². The Balaban J connectivity index is 0.000000349. The molecule has 0 atom stereocenters. The Morgan fingerprint density at radius 2 is 1.96 bits per heavy atom. The van der Waals surface area contributed by atoms with E-state index in [0.29, 0.717) is 17.0 Å². The lowest BCUT2D eigenvalue weighted by Gasteiger charge is -2.07. The van der Waals surface area contributed by atoms with Crippen LogP contribution < -0.4 is 0 Å². The summed E-state index contributed by atoms with van der Waals surface area (Å²) in [5.74, 6) is 0.684. The van der Waals surface area contributed by atoms with Crippen LogP contribution in [-0.2, 0) is 4.79 Å². The third-order valence-electron chi connectivity index (χ3n) is 3.87. The van der Waals surface area contributed by atoms with Gasteiger partial charge in [-0.15, -0.1) is 0 Å². The third-order valence-corrected chi connectivity index (χ3v) is 3.87. The number of hydrogen-bond acceptors (Lipinski definition) is 4. The zero-order valence-corrected chi connectivity index (χ0v) is 14.8. The number of nitriles is 1. The van der Waals surface area contributed by atoms with Gasteiger partial charge in [0.2, 0.25) is 6.41 Å². The van der Waals surface area contributed by atoms with E-state index in [-0.39, 0.29) is 0 Å². The van der Waals surface area contributed by atoms with Crippen LogP contribution in [0.5, 0.6) is 0 Å². The second-order valence-electron chi connectivity index (χ2n) is 5.99. The lowest BCUT2D eigenvalue weighted by atomic mass is 10.1. The number of aromatic nitrogens is 2. The van der Waals surface area contributed by atoms with Crippen LogP contribution in [0.25, 0.3) is 28.0 Å². The van der Waals surface area contributed by atoms with Crippen molar-refractivity contribution in [3.63, 3.8) is 0 Å². The fraction of sp³-hybridized carbons (Fsp3) is 0.150. The summed E-state index contributed by atoms with van der Waals surface area (Å²) < 4.78 is 7.47. The van der Waals surface area contributed by atoms with Crippen molar-refractivity contribution in [2.45, 2.75) is 6.92 Å². The highest BCUT2D eigenvalue weighted by Crippen LogP contribution is 2.30. The SMILES string of the molecule is CN(C)C=O.Cc1cc(-c2ccco2)c(C#N)c2nc3ccccc3n12. The molecule has 1 aromatic carbocycles. The molecule has 4 rings (SSSR count). The number of hydrogen-bond donors (Lipinski definition) is 0. The van der Waals surface area contributed by atoms with Gasteiger partial charge in [-0.05, 0) is 37.3 Å². The van der Waals surface area contributed by atoms with Crippen molar-refractivity contribution in [2.24, 2.45) is 0 Å². The summed E-state index contributed by atoms with van der Waals surface area (Å²) in [6, 6.07) is 15.8. The number of pyridine rings is 1. The Bertz CT molecular complexity index is 1100. The van der Waals surface area contributed by atoms with Crippen molar-refractivity contribution in [1.29, 1.82) is 5.26 Å². The summed E-state index contributed by atoms with van der Waals surface area (Å²) in [5, 5.41) is 9.59. The van der Waals surface area contributed by atoms with Crippen molar-refractivity contribution in [1.82, 2.24) is 14.3 Å². The number of carbonyl (C=O) groups is 1. The molecule has 26 heavy (non-hydrogen) atoms. The molecule has 3 aromatic heterocycles. The van der Waals surface area contributed by atoms with Crippen molar-refractivity contribution >= 4 is 23.1 Å². The van der Waals surface area contributed by atoms with Crippen LogP contribution in [0.3, 0.4) is 0 Å². The van der Waals surface area contributed by atoms with E-state index in [1.165, 1.54) is 4.90 Å². The molecule has 130 valence electrons. The van der Waals surface area contributed by atoms with Gasteiger partial charge >= 0.3 is 0 Å². The Morgan fingerprint density at radius 3 is 2.58 bits per heavy atom. The van der Waals surface area contributed by atoms with Gasteiger partial charge in [-0.3, -0.25) is 9.20 Å². The summed E-state index contributed by atoms with van der Waals surface area (Å²) in [6.45, 7) is 2.01. The van der Waals surface area contributed by atoms with Gasteiger partial charge in [0, 0.05) is 25.4 Å². The van der Waals surface area contributed by atoms with Gasteiger partial charge < -0.3 is 9.32 Å². The van der Waals surface area contributed by atoms with Gasteiger partial charge in [-0.2, -0.15) is 5.26 Å². The number of aryl methyl sites for hydroxylation is 1. The molecule has 0 saturated carbocycles. The van der Waals surface area contributed by atoms with E-state index in [1.807, 2.05) is 53.8 Å². The fourth-order valence-corrected chi connectivity index (χ4v) is 2.75. The van der Waals surface area contributed by atoms with Gasteiger partial charge in [-0.1, -0.05) is 12.1 Å². The van der Waals surface area contributed by atoms with Crippen LogP contribution in [0.4, 0.5) is 0 Å². The number of carbonyl (C=O) groups excluding carboxylic acids is 1. The summed E-state index contributed by atoms with van der Waals surface area (Å²) in [7, 11) is 3.38. The quantitative estimate of drug-likeness (QED) is 0.519. The second-order valence-corrected chi connectivity index (χ2v) is 5.99. The molecule has 0 radical (unpaired) electrons. The molecule has 0 aliphatic rings. The van der Waals surface area contributed by atoms with E-state index in [9.17, 15) is 10.1 Å². The van der Waals surface area contributed by atoms with Crippen LogP contribution in [0, 0.1) is 18.3 Å². The second kappa shape index (κ2) is 7.11. The summed E-state index contributed by atoms with van der Waals surface area (Å²) in [5.41, 5.74) is 4.89. The molecule has 0 unspecified atom stereocenters. The van der Waals surface area contributed by atoms with Crippen LogP contribution in [0.1, 0.15) is 11.3 Å². The predicted octanol–water partition coefficient (Wildman–Crippen LogP) is 3.63. The molecule has 3 heterocycles. The molecular weight excluding hydrogens is 328 g/mol. The minimum atomic E-state index is 0.534. The Hall–Kier alpha value is -3.59. The molecular formula is C20H18N4O2. The first-order chi connectivity index (χ1) is 12.6. The Kier molecular flexibility index (Phi) is 4.72. The molecule has 0 saturated heterocycles. The number of furan rings is 1. The first-order valence-corrected chi connectivity index (χ1v) is 8.03. The Morgan fingerprint density at radius 1 is 1.23 bits per heavy atom. The maximum Gasteiger partial charge on any atom is 0.209 e. The van der Waals surface area contributed by atoms with E-state index in [1.54, 1.807) is 20.4 Å². The number of fused-ring (bicyclic) bond motifs is 3. The van der Waals surface area contributed by atoms with Crippen molar-refractivity contribution in [2.75, 3.05) is 14.1 Å². The highest BCUT2D eigenvalue weighted by Gasteiger charge is 2.17. The van der Waals surface area contributed by atoms with Crippen molar-refractivity contribution in [3.8, 4) is 17.4 Å². The van der Waals surface area contributed by atoms with Gasteiger partial charge in [-0.25, -0.2) is 4.98 Å². The van der Waals surface area contributed by atoms with Crippen LogP contribution in [0.2, 0.25) is 0 Å². The maximum absolute atomic E-state index is 9.59. The molecule has 0 aliphatic heterocycles. The molecule has 0 bridgehead atoms. The molecule has 1 amide bonds. The van der Waals surface area contributed by atoms with E-state index in [0.717, 1.165) is 28.7 Å². The number of nitrogens with zero attached hydrogens (tertiary/aromatic N) is 4. The molecule has 0 aliphatic carbocycles. The highest BCUT2D eigenvalue weighted by atomic mass is 16.3. The number of imidazole rings is 1. The maximum atomic E-state index is 9.59. The molecule has 4 aromatic rings. The first-order valence-electron chi connectivity index (χ1n) is 8.03. The van der Waals surface area contributed by atoms with E-state index in [2.05, 4.69) is 11.1 Å². The minimum Gasteiger partial charge on any atom is -0.464 e. The number of amides is 1. The third kappa shape index (κ3) is 3.03. The highest BCUT2D eigenvalue weighted by molar-refractivity contribution is 5.86. The number of rotatable bonds is 2. The normalized spacial score (nSPS) is 10.2. The lowest BCUT2D eigenvalue weighted by molar-refractivity contribution is -0.115. The smallest absolute Gasteiger partial charge is 0.209 e. The van der Waals surface area contributed by atoms with Crippen molar-refractivity contribution in [3.05, 3.63) is 60.0 Å². The largest absolute Gasteiger partial charge is 0.464 e. The molecule has 6 nitrogen and oxygen atoms in total. The van der Waals surface area contributed by atoms with Gasteiger partial charge in [0.25, 0.3) is 0 Å². The standard InChI is InChI=1S/C17H11N3O.C3H7NO/c1-11-9-12(16-7-4-8-21-16)13(10-18)17-19-14-5-2-3-6-15(14)20(11)17;1-4(2)3-5/h2-9H,1H3;3H,1-2H3. The van der Waals surface area contributed by atoms with Gasteiger partial charge in [0.1, 0.15) is 17.4 Å². The van der Waals surface area contributed by atoms with Crippen LogP contribution in [-0.4, -0.2) is 34.8 Å². The average Bonchev–Trinajstić information content (AvgIpc) is 3.30. The number of benzene rings is 1. The Labute approximate surface area is 150 Å². The summed E-state index contributed by atoms with van der Waals surface area (Å²) in [6.07, 6.45) is 2.36. The molecule has 0 fully saturated rings. The lowest BCUT2D eigenvalue weighted by Crippen LogP contribution is -2.06. The summed E-state index contributed by atoms with van der Waals surface area (Å²) >= 11 is 0. The molecule has 6 heteroatoms. The first kappa shape index (κ1) is 17.2. The van der Waals surface area contributed by atoms with Crippen LogP contribution in [0.15, 0.2) is 53.1 Å². The fourth-order valence-electron chi connectivity index (χ4n) is 2.75. The van der Waals surface area contributed by atoms with Crippen LogP contribution >= 0.6 is 0 Å². The molecule has 0 N–H and O–H groups in total. The summed E-state index contributed by atoms with van der Waals surface area (Å²) in [4.78, 5) is 15.5. The molecule has 0 spiro atoms. The zero-order valence-electron chi connectivity index (χ0n) is 14.8. The number of para-hydroxylation sites is 2. The minimum absolute atomic E-state index is 0.534. The van der Waals surface area contributed by atoms with E-state index < -0.39 is 0 Å². The predicted molar refractivity (Wildman–Crippen MR) is 99.6 cm³/mol. The van der Waals surface area contributed by atoms with E-state index in [4.69, 9.17) is 4.42 Å². The average molecular weight is 346 g/mol. The zero-order chi connectivity index (χ0) is 18.7. The van der Waals surface area contributed by atoms with Gasteiger partial charge in [0.05, 0.1) is 17.3 Å². The van der Waals surface area contributed by atoms with E-state index >= 15 is 0 Å². The monoisotopic (exact) mass is 346 g/mol.